The van der Waals surface area contributed by atoms with Crippen LogP contribution in [-0.4, -0.2) is 51.4 Å². The second-order valence-electron chi connectivity index (χ2n) is 5.19. The number of sulfone groups is 1. The standard InChI is InChI=1S/C14H20N2O4S/c1-11-10-20-8-7-16(11)14(17)15-9-12-3-5-13(6-4-12)21(2,18)19/h3-6,11H,7-10H2,1-2H3,(H,15,17)/t11-/m1/s1. The van der Waals surface area contributed by atoms with Crippen molar-refractivity contribution in [3.8, 4) is 0 Å². The van der Waals surface area contributed by atoms with Gasteiger partial charge < -0.3 is 15.0 Å². The molecule has 1 aliphatic heterocycles. The van der Waals surface area contributed by atoms with Crippen LogP contribution in [0.25, 0.3) is 0 Å². The third-order valence-electron chi connectivity index (χ3n) is 3.42. The largest absolute Gasteiger partial charge is 0.377 e. The number of ether oxygens (including phenoxy) is 1. The Kier molecular flexibility index (Phi) is 4.84. The van der Waals surface area contributed by atoms with Gasteiger partial charge in [0.15, 0.2) is 9.84 Å². The fourth-order valence-electron chi connectivity index (χ4n) is 2.16. The fraction of sp³-hybridized carbons (Fsp3) is 0.500. The van der Waals surface area contributed by atoms with Gasteiger partial charge in [-0.25, -0.2) is 13.2 Å². The van der Waals surface area contributed by atoms with Crippen LogP contribution in [0.2, 0.25) is 0 Å². The minimum Gasteiger partial charge on any atom is -0.377 e. The van der Waals surface area contributed by atoms with Crippen molar-refractivity contribution in [1.82, 2.24) is 10.2 Å². The molecule has 21 heavy (non-hydrogen) atoms. The maximum absolute atomic E-state index is 12.1. The van der Waals surface area contributed by atoms with Crippen LogP contribution in [0.3, 0.4) is 0 Å². The number of hydrogen-bond acceptors (Lipinski definition) is 4. The predicted molar refractivity (Wildman–Crippen MR) is 78.8 cm³/mol. The van der Waals surface area contributed by atoms with Gasteiger partial charge in [0.2, 0.25) is 0 Å². The molecule has 0 aliphatic carbocycles. The first-order valence-corrected chi connectivity index (χ1v) is 8.68. The number of nitrogens with zero attached hydrogens (tertiary/aromatic N) is 1. The van der Waals surface area contributed by atoms with Crippen LogP contribution in [0.1, 0.15) is 12.5 Å². The molecule has 1 saturated heterocycles. The van der Waals surface area contributed by atoms with E-state index in [1.54, 1.807) is 29.2 Å². The third-order valence-corrected chi connectivity index (χ3v) is 4.55. The van der Waals surface area contributed by atoms with Gasteiger partial charge in [-0.05, 0) is 24.6 Å². The van der Waals surface area contributed by atoms with Crippen LogP contribution in [-0.2, 0) is 21.1 Å². The van der Waals surface area contributed by atoms with E-state index in [0.29, 0.717) is 26.3 Å². The lowest BCUT2D eigenvalue weighted by Gasteiger charge is -2.33. The number of carbonyl (C=O) groups is 1. The van der Waals surface area contributed by atoms with E-state index in [0.717, 1.165) is 5.56 Å². The molecule has 0 saturated carbocycles. The zero-order valence-corrected chi connectivity index (χ0v) is 13.0. The van der Waals surface area contributed by atoms with Gasteiger partial charge in [-0.1, -0.05) is 12.1 Å². The first-order chi connectivity index (χ1) is 9.88. The summed E-state index contributed by atoms with van der Waals surface area (Å²) in [5, 5.41) is 2.84. The number of urea groups is 1. The topological polar surface area (TPSA) is 75.7 Å². The molecule has 1 aromatic rings. The van der Waals surface area contributed by atoms with E-state index in [9.17, 15) is 13.2 Å². The second kappa shape index (κ2) is 6.44. The summed E-state index contributed by atoms with van der Waals surface area (Å²) in [7, 11) is -3.18. The first kappa shape index (κ1) is 15.8. The first-order valence-electron chi connectivity index (χ1n) is 6.79. The van der Waals surface area contributed by atoms with Crippen molar-refractivity contribution in [2.45, 2.75) is 24.4 Å². The van der Waals surface area contributed by atoms with Crippen LogP contribution in [0, 0.1) is 0 Å². The van der Waals surface area contributed by atoms with Crippen LogP contribution < -0.4 is 5.32 Å². The molecule has 0 unspecified atom stereocenters. The van der Waals surface area contributed by atoms with E-state index in [-0.39, 0.29) is 17.0 Å². The van der Waals surface area contributed by atoms with Gasteiger partial charge in [0.1, 0.15) is 0 Å². The van der Waals surface area contributed by atoms with Crippen LogP contribution >= 0.6 is 0 Å². The molecule has 0 spiro atoms. The van der Waals surface area contributed by atoms with Crippen LogP contribution in [0.15, 0.2) is 29.2 Å². The molecule has 7 heteroatoms. The van der Waals surface area contributed by atoms with Crippen molar-refractivity contribution < 1.29 is 17.9 Å². The van der Waals surface area contributed by atoms with Gasteiger partial charge in [0.25, 0.3) is 0 Å². The zero-order chi connectivity index (χ0) is 15.5. The Morgan fingerprint density at radius 2 is 2.05 bits per heavy atom. The average Bonchev–Trinajstić information content (AvgIpc) is 2.45. The molecule has 0 aromatic heterocycles. The Balaban J connectivity index is 1.92. The van der Waals surface area contributed by atoms with Crippen molar-refractivity contribution >= 4 is 15.9 Å². The summed E-state index contributed by atoms with van der Waals surface area (Å²) in [5.74, 6) is 0. The van der Waals surface area contributed by atoms with Crippen LogP contribution in [0.4, 0.5) is 4.79 Å². The highest BCUT2D eigenvalue weighted by atomic mass is 32.2. The summed E-state index contributed by atoms with van der Waals surface area (Å²) in [6.07, 6.45) is 1.17. The van der Waals surface area contributed by atoms with Crippen molar-refractivity contribution in [3.05, 3.63) is 29.8 Å². The van der Waals surface area contributed by atoms with Gasteiger partial charge in [0, 0.05) is 19.3 Å². The molecule has 1 aliphatic rings. The van der Waals surface area contributed by atoms with E-state index in [2.05, 4.69) is 5.32 Å². The van der Waals surface area contributed by atoms with Crippen molar-refractivity contribution in [1.29, 1.82) is 0 Å². The maximum atomic E-state index is 12.1. The molecule has 1 atom stereocenters. The minimum absolute atomic E-state index is 0.0614. The molecular formula is C14H20N2O4S. The monoisotopic (exact) mass is 312 g/mol. The van der Waals surface area contributed by atoms with Gasteiger partial charge in [-0.3, -0.25) is 0 Å². The van der Waals surface area contributed by atoms with Crippen molar-refractivity contribution in [3.63, 3.8) is 0 Å². The molecule has 1 heterocycles. The highest BCUT2D eigenvalue weighted by Gasteiger charge is 2.23. The number of rotatable bonds is 3. The van der Waals surface area contributed by atoms with Gasteiger partial charge in [0.05, 0.1) is 24.2 Å². The lowest BCUT2D eigenvalue weighted by atomic mass is 10.2. The zero-order valence-electron chi connectivity index (χ0n) is 12.2. The van der Waals surface area contributed by atoms with E-state index < -0.39 is 9.84 Å². The normalized spacial score (nSPS) is 19.3. The number of amides is 2. The fourth-order valence-corrected chi connectivity index (χ4v) is 2.79. The molecular weight excluding hydrogens is 292 g/mol. The molecule has 2 amide bonds. The Hall–Kier alpha value is -1.60. The second-order valence-corrected chi connectivity index (χ2v) is 7.21. The quantitative estimate of drug-likeness (QED) is 0.904. The summed E-state index contributed by atoms with van der Waals surface area (Å²) in [5.41, 5.74) is 0.858. The summed E-state index contributed by atoms with van der Waals surface area (Å²) < 4.78 is 28.0. The van der Waals surface area contributed by atoms with Crippen LogP contribution in [0.5, 0.6) is 0 Å². The van der Waals surface area contributed by atoms with Crippen molar-refractivity contribution in [2.75, 3.05) is 26.0 Å². The molecule has 1 N–H and O–H groups in total. The summed E-state index contributed by atoms with van der Waals surface area (Å²) in [6, 6.07) is 6.45. The average molecular weight is 312 g/mol. The molecule has 1 fully saturated rings. The van der Waals surface area contributed by atoms with Gasteiger partial charge >= 0.3 is 6.03 Å². The Morgan fingerprint density at radius 3 is 2.62 bits per heavy atom. The highest BCUT2D eigenvalue weighted by Crippen LogP contribution is 2.11. The number of hydrogen-bond donors (Lipinski definition) is 1. The highest BCUT2D eigenvalue weighted by molar-refractivity contribution is 7.90. The summed E-state index contributed by atoms with van der Waals surface area (Å²) in [4.78, 5) is 14.1. The summed E-state index contributed by atoms with van der Waals surface area (Å²) in [6.45, 7) is 4.00. The smallest absolute Gasteiger partial charge is 0.318 e. The molecule has 116 valence electrons. The van der Waals surface area contributed by atoms with Gasteiger partial charge in [-0.15, -0.1) is 0 Å². The molecule has 0 radical (unpaired) electrons. The Labute approximate surface area is 125 Å². The summed E-state index contributed by atoms with van der Waals surface area (Å²) >= 11 is 0. The molecule has 6 nitrogen and oxygen atoms in total. The predicted octanol–water partition coefficient (Wildman–Crippen LogP) is 1.02. The Morgan fingerprint density at radius 1 is 1.38 bits per heavy atom. The lowest BCUT2D eigenvalue weighted by Crippen LogP contribution is -2.51. The van der Waals surface area contributed by atoms with E-state index in [4.69, 9.17) is 4.74 Å². The molecule has 0 bridgehead atoms. The van der Waals surface area contributed by atoms with Gasteiger partial charge in [-0.2, -0.15) is 0 Å². The van der Waals surface area contributed by atoms with E-state index in [1.807, 2.05) is 6.92 Å². The third kappa shape index (κ3) is 4.18. The molecule has 1 aromatic carbocycles. The number of carbonyl (C=O) groups excluding carboxylic acids is 1. The lowest BCUT2D eigenvalue weighted by molar-refractivity contribution is 0.0190. The maximum Gasteiger partial charge on any atom is 0.318 e. The number of benzene rings is 1. The number of morpholine rings is 1. The molecule has 2 rings (SSSR count). The van der Waals surface area contributed by atoms with Crippen molar-refractivity contribution in [2.24, 2.45) is 0 Å². The number of nitrogens with one attached hydrogen (secondary N) is 1. The SMILES string of the molecule is C[C@@H]1COCCN1C(=O)NCc1ccc(S(C)(=O)=O)cc1. The minimum atomic E-state index is -3.18. The van der Waals surface area contributed by atoms with E-state index in [1.165, 1.54) is 6.26 Å². The van der Waals surface area contributed by atoms with E-state index >= 15 is 0 Å². The Bertz CT molecular complexity index is 598.